The van der Waals surface area contributed by atoms with E-state index in [9.17, 15) is 9.59 Å². The second-order valence-corrected chi connectivity index (χ2v) is 7.48. The van der Waals surface area contributed by atoms with E-state index in [1.807, 2.05) is 12.1 Å². The summed E-state index contributed by atoms with van der Waals surface area (Å²) in [6, 6.07) is 8.14. The lowest BCUT2D eigenvalue weighted by molar-refractivity contribution is -0.141. The molecule has 0 unspecified atom stereocenters. The average molecular weight is 345 g/mol. The monoisotopic (exact) mass is 345 g/mol. The smallest absolute Gasteiger partial charge is 0.306 e. The van der Waals surface area contributed by atoms with Crippen molar-refractivity contribution in [3.8, 4) is 5.75 Å². The molecule has 2 saturated carbocycles. The maximum atomic E-state index is 12.5. The number of carboxylic acids is 1. The Morgan fingerprint density at radius 3 is 2.60 bits per heavy atom. The van der Waals surface area contributed by atoms with Crippen LogP contribution in [0.2, 0.25) is 0 Å². The number of carboxylic acid groups (broad SMARTS) is 1. The Bertz CT molecular complexity index is 636. The molecule has 136 valence electrons. The Hall–Kier alpha value is -2.04. The first-order chi connectivity index (χ1) is 12.0. The lowest BCUT2D eigenvalue weighted by atomic mass is 9.78. The summed E-state index contributed by atoms with van der Waals surface area (Å²) in [4.78, 5) is 23.6. The molecule has 0 spiro atoms. The van der Waals surface area contributed by atoms with E-state index in [1.54, 1.807) is 7.11 Å². The van der Waals surface area contributed by atoms with Crippen molar-refractivity contribution in [2.75, 3.05) is 13.7 Å². The van der Waals surface area contributed by atoms with Gasteiger partial charge in [-0.2, -0.15) is 0 Å². The summed E-state index contributed by atoms with van der Waals surface area (Å²) in [5.41, 5.74) is 1.19. The second-order valence-electron chi connectivity index (χ2n) is 7.48. The topological polar surface area (TPSA) is 75.6 Å². The first-order valence-corrected chi connectivity index (χ1v) is 9.19. The molecule has 0 radical (unpaired) electrons. The molecule has 2 atom stereocenters. The Balaban J connectivity index is 1.66. The predicted octanol–water partition coefficient (Wildman–Crippen LogP) is 3.12. The van der Waals surface area contributed by atoms with E-state index >= 15 is 0 Å². The fourth-order valence-electron chi connectivity index (χ4n) is 4.42. The standard InChI is InChI=1S/C20H27NO4/c1-25-17-6-4-5-16(12-17)20(9-2-3-10-20)13-21-18(22)14-7-8-15(11-14)19(23)24/h4-6,12,14-15H,2-3,7-11,13H2,1H3,(H,21,22)(H,23,24)/t14-,15+/m1/s1. The van der Waals surface area contributed by atoms with Gasteiger partial charge in [-0.15, -0.1) is 0 Å². The van der Waals surface area contributed by atoms with Crippen LogP contribution in [0.15, 0.2) is 24.3 Å². The average Bonchev–Trinajstić information content (AvgIpc) is 3.30. The Morgan fingerprint density at radius 2 is 1.96 bits per heavy atom. The van der Waals surface area contributed by atoms with E-state index in [4.69, 9.17) is 9.84 Å². The van der Waals surface area contributed by atoms with Crippen LogP contribution in [-0.2, 0) is 15.0 Å². The molecule has 2 aliphatic carbocycles. The minimum Gasteiger partial charge on any atom is -0.497 e. The highest BCUT2D eigenvalue weighted by Gasteiger charge is 2.38. The van der Waals surface area contributed by atoms with E-state index in [1.165, 1.54) is 5.56 Å². The van der Waals surface area contributed by atoms with Crippen LogP contribution in [0.4, 0.5) is 0 Å². The number of methoxy groups -OCH3 is 1. The molecule has 1 aromatic carbocycles. The highest BCUT2D eigenvalue weighted by atomic mass is 16.5. The molecular formula is C20H27NO4. The van der Waals surface area contributed by atoms with Gasteiger partial charge in [-0.25, -0.2) is 0 Å². The molecule has 1 aromatic rings. The number of carbonyl (C=O) groups is 2. The third-order valence-electron chi connectivity index (χ3n) is 6.00. The van der Waals surface area contributed by atoms with Crippen molar-refractivity contribution in [1.82, 2.24) is 5.32 Å². The van der Waals surface area contributed by atoms with E-state index in [0.717, 1.165) is 31.4 Å². The van der Waals surface area contributed by atoms with Crippen molar-refractivity contribution in [1.29, 1.82) is 0 Å². The van der Waals surface area contributed by atoms with Crippen LogP contribution in [0, 0.1) is 11.8 Å². The van der Waals surface area contributed by atoms with Crippen molar-refractivity contribution in [3.63, 3.8) is 0 Å². The van der Waals surface area contributed by atoms with E-state index in [0.29, 0.717) is 25.8 Å². The maximum absolute atomic E-state index is 12.5. The van der Waals surface area contributed by atoms with Gasteiger partial charge in [-0.3, -0.25) is 9.59 Å². The fraction of sp³-hybridized carbons (Fsp3) is 0.600. The molecule has 2 N–H and O–H groups in total. The minimum atomic E-state index is -0.779. The summed E-state index contributed by atoms with van der Waals surface area (Å²) >= 11 is 0. The van der Waals surface area contributed by atoms with Gasteiger partial charge in [-0.1, -0.05) is 25.0 Å². The summed E-state index contributed by atoms with van der Waals surface area (Å²) in [5.74, 6) is -0.452. The molecular weight excluding hydrogens is 318 g/mol. The molecule has 5 heteroatoms. The zero-order valence-corrected chi connectivity index (χ0v) is 14.8. The van der Waals surface area contributed by atoms with Gasteiger partial charge < -0.3 is 15.2 Å². The molecule has 25 heavy (non-hydrogen) atoms. The van der Waals surface area contributed by atoms with Gasteiger partial charge in [0.1, 0.15) is 5.75 Å². The van der Waals surface area contributed by atoms with Crippen LogP contribution in [-0.4, -0.2) is 30.6 Å². The van der Waals surface area contributed by atoms with Crippen molar-refractivity contribution in [2.45, 2.75) is 50.4 Å². The van der Waals surface area contributed by atoms with E-state index in [2.05, 4.69) is 17.4 Å². The highest BCUT2D eigenvalue weighted by Crippen LogP contribution is 2.42. The number of amides is 1. The van der Waals surface area contributed by atoms with Crippen molar-refractivity contribution < 1.29 is 19.4 Å². The van der Waals surface area contributed by atoms with Crippen molar-refractivity contribution in [2.24, 2.45) is 11.8 Å². The molecule has 3 rings (SSSR count). The Morgan fingerprint density at radius 1 is 1.24 bits per heavy atom. The zero-order chi connectivity index (χ0) is 17.9. The van der Waals surface area contributed by atoms with E-state index in [-0.39, 0.29) is 23.2 Å². The lowest BCUT2D eigenvalue weighted by Crippen LogP contribution is -2.41. The van der Waals surface area contributed by atoms with Gasteiger partial charge >= 0.3 is 5.97 Å². The number of ether oxygens (including phenoxy) is 1. The Kier molecular flexibility index (Phi) is 5.30. The van der Waals surface area contributed by atoms with E-state index < -0.39 is 5.97 Å². The minimum absolute atomic E-state index is 0.0120. The quantitative estimate of drug-likeness (QED) is 0.830. The largest absolute Gasteiger partial charge is 0.497 e. The third-order valence-corrected chi connectivity index (χ3v) is 6.00. The lowest BCUT2D eigenvalue weighted by Gasteiger charge is -2.31. The first-order valence-electron chi connectivity index (χ1n) is 9.19. The van der Waals surface area contributed by atoms with Crippen LogP contribution in [0.3, 0.4) is 0 Å². The van der Waals surface area contributed by atoms with Gasteiger partial charge in [0, 0.05) is 17.9 Å². The number of nitrogens with one attached hydrogen (secondary N) is 1. The van der Waals surface area contributed by atoms with Crippen LogP contribution in [0.5, 0.6) is 5.75 Å². The summed E-state index contributed by atoms with van der Waals surface area (Å²) < 4.78 is 5.36. The molecule has 2 aliphatic rings. The zero-order valence-electron chi connectivity index (χ0n) is 14.8. The van der Waals surface area contributed by atoms with Gasteiger partial charge in [0.15, 0.2) is 0 Å². The molecule has 0 aliphatic heterocycles. The molecule has 2 fully saturated rings. The fourth-order valence-corrected chi connectivity index (χ4v) is 4.42. The van der Waals surface area contributed by atoms with Crippen molar-refractivity contribution in [3.05, 3.63) is 29.8 Å². The van der Waals surface area contributed by atoms with Gasteiger partial charge in [0.2, 0.25) is 5.91 Å². The molecule has 0 saturated heterocycles. The SMILES string of the molecule is COc1cccc(C2(CNC(=O)[C@@H]3CC[C@H](C(=O)O)C3)CCCC2)c1. The molecule has 1 amide bonds. The van der Waals surface area contributed by atoms with Crippen molar-refractivity contribution >= 4 is 11.9 Å². The van der Waals surface area contributed by atoms with Crippen LogP contribution < -0.4 is 10.1 Å². The van der Waals surface area contributed by atoms with Gasteiger partial charge in [0.05, 0.1) is 13.0 Å². The number of hydrogen-bond donors (Lipinski definition) is 2. The predicted molar refractivity (Wildman–Crippen MR) is 94.6 cm³/mol. The van der Waals surface area contributed by atoms with Gasteiger partial charge in [0.25, 0.3) is 0 Å². The van der Waals surface area contributed by atoms with Crippen LogP contribution in [0.25, 0.3) is 0 Å². The van der Waals surface area contributed by atoms with Gasteiger partial charge in [-0.05, 0) is 49.8 Å². The normalized spacial score (nSPS) is 24.8. The summed E-state index contributed by atoms with van der Waals surface area (Å²) in [7, 11) is 1.67. The number of carbonyl (C=O) groups excluding carboxylic acids is 1. The number of hydrogen-bond acceptors (Lipinski definition) is 3. The summed E-state index contributed by atoms with van der Waals surface area (Å²) in [5, 5.41) is 12.2. The first kappa shape index (κ1) is 17.8. The highest BCUT2D eigenvalue weighted by molar-refractivity contribution is 5.81. The molecule has 5 nitrogen and oxygen atoms in total. The number of aliphatic carboxylic acids is 1. The Labute approximate surface area is 148 Å². The summed E-state index contributed by atoms with van der Waals surface area (Å²) in [6.45, 7) is 0.618. The molecule has 0 aromatic heterocycles. The maximum Gasteiger partial charge on any atom is 0.306 e. The van der Waals surface area contributed by atoms with Crippen LogP contribution >= 0.6 is 0 Å². The molecule has 0 heterocycles. The third kappa shape index (κ3) is 3.80. The summed E-state index contributed by atoms with van der Waals surface area (Å²) in [6.07, 6.45) is 6.19. The second kappa shape index (κ2) is 7.46. The van der Waals surface area contributed by atoms with Crippen LogP contribution in [0.1, 0.15) is 50.5 Å². The number of benzene rings is 1. The molecule has 0 bridgehead atoms. The number of rotatable bonds is 6.